The van der Waals surface area contributed by atoms with Crippen LogP contribution >= 0.6 is 11.6 Å². The first-order chi connectivity index (χ1) is 22.9. The zero-order valence-corrected chi connectivity index (χ0v) is 29.1. The van der Waals surface area contributed by atoms with Crippen molar-refractivity contribution in [3.63, 3.8) is 0 Å². The van der Waals surface area contributed by atoms with Crippen LogP contribution in [0.1, 0.15) is 47.5 Å². The van der Waals surface area contributed by atoms with E-state index >= 15 is 4.39 Å². The fraction of sp³-hybridized carbons (Fsp3) is 0.457. The van der Waals surface area contributed by atoms with Crippen LogP contribution in [0, 0.1) is 23.0 Å². The lowest BCUT2D eigenvalue weighted by atomic mass is 10.0. The minimum atomic E-state index is -0.704. The van der Waals surface area contributed by atoms with Crippen LogP contribution < -0.4 is 9.64 Å². The highest BCUT2D eigenvalue weighted by atomic mass is 35.5. The van der Waals surface area contributed by atoms with Gasteiger partial charge in [0.25, 0.3) is 0 Å². The fourth-order valence-electron chi connectivity index (χ4n) is 5.57. The van der Waals surface area contributed by atoms with Crippen LogP contribution in [0.15, 0.2) is 36.5 Å². The van der Waals surface area contributed by atoms with Crippen LogP contribution in [-0.2, 0) is 4.74 Å². The van der Waals surface area contributed by atoms with Crippen molar-refractivity contribution in [2.45, 2.75) is 53.1 Å². The van der Waals surface area contributed by atoms with Gasteiger partial charge in [-0.25, -0.2) is 13.6 Å². The number of piperazine rings is 1. The molecule has 48 heavy (non-hydrogen) atoms. The van der Waals surface area contributed by atoms with Gasteiger partial charge in [-0.05, 0) is 64.7 Å². The van der Waals surface area contributed by atoms with Crippen LogP contribution in [0.2, 0.25) is 5.02 Å². The zero-order valence-electron chi connectivity index (χ0n) is 28.3. The number of fused-ring (bicyclic) bond motifs is 2. The van der Waals surface area contributed by atoms with Crippen molar-refractivity contribution in [3.8, 4) is 23.3 Å². The Kier molecular flexibility index (Phi) is 12.3. The van der Waals surface area contributed by atoms with E-state index in [9.17, 15) is 9.18 Å². The standard InChI is InChI=1S/C27H26ClF2N5O3.C6H13N.C2H3N/c1-27(2,3)38-26(36)35-12-10-34(11-13-35)24-17-14-31-22(21(30)23(17)32-25(33-24)37-4)16-7-5-6-15-8-9-18(29)20(28)19(15)16;1-2-7-5-3-4-6-7;1-2-3/h5-9,14H,10-13H2,1-4H3;2-6H2,1H3;1H3. The van der Waals surface area contributed by atoms with Gasteiger partial charge in [-0.3, -0.25) is 4.98 Å². The summed E-state index contributed by atoms with van der Waals surface area (Å²) in [6.45, 7) is 14.7. The molecule has 2 fully saturated rings. The molecule has 0 aliphatic carbocycles. The van der Waals surface area contributed by atoms with E-state index < -0.39 is 17.2 Å². The van der Waals surface area contributed by atoms with E-state index in [-0.39, 0.29) is 28.3 Å². The SMILES string of the molecule is CC#N.CCN1CCCC1.COc1nc(N2CCN(C(=O)OC(C)(C)C)CC2)c2cnc(-c3cccc4ccc(F)c(Cl)c34)c(F)c2n1. The topological polar surface area (TPSA) is 108 Å². The molecule has 2 aromatic heterocycles. The first-order valence-corrected chi connectivity index (χ1v) is 16.3. The third-order valence-corrected chi connectivity index (χ3v) is 8.26. The third kappa shape index (κ3) is 8.57. The monoisotopic (exact) mass is 681 g/mol. The molecule has 13 heteroatoms. The van der Waals surface area contributed by atoms with E-state index in [1.54, 1.807) is 35.2 Å². The summed E-state index contributed by atoms with van der Waals surface area (Å²) in [6.07, 6.45) is 3.96. The second kappa shape index (κ2) is 16.2. The number of ether oxygens (including phenoxy) is 2. The van der Waals surface area contributed by atoms with Crippen molar-refractivity contribution >= 4 is 45.2 Å². The molecule has 6 rings (SSSR count). The normalized spacial score (nSPS) is 14.9. The van der Waals surface area contributed by atoms with Crippen LogP contribution in [0.4, 0.5) is 19.4 Å². The first-order valence-electron chi connectivity index (χ1n) is 16.0. The molecular weight excluding hydrogens is 640 g/mol. The number of amides is 1. The average molecular weight is 682 g/mol. The molecule has 0 saturated carbocycles. The molecule has 0 bridgehead atoms. The van der Waals surface area contributed by atoms with Gasteiger partial charge < -0.3 is 24.2 Å². The van der Waals surface area contributed by atoms with E-state index in [0.29, 0.717) is 53.7 Å². The van der Waals surface area contributed by atoms with Crippen LogP contribution in [0.5, 0.6) is 6.01 Å². The molecule has 2 aliphatic heterocycles. The molecule has 0 spiro atoms. The highest BCUT2D eigenvalue weighted by Gasteiger charge is 2.29. The highest BCUT2D eigenvalue weighted by Crippen LogP contribution is 2.38. The average Bonchev–Trinajstić information content (AvgIpc) is 3.61. The number of carbonyl (C=O) groups is 1. The fourth-order valence-corrected chi connectivity index (χ4v) is 5.85. The summed E-state index contributed by atoms with van der Waals surface area (Å²) in [5, 5.41) is 8.61. The summed E-state index contributed by atoms with van der Waals surface area (Å²) in [5.41, 5.74) is -0.254. The Morgan fingerprint density at radius 3 is 2.29 bits per heavy atom. The molecule has 0 N–H and O–H groups in total. The lowest BCUT2D eigenvalue weighted by Gasteiger charge is -2.36. The van der Waals surface area contributed by atoms with Crippen molar-refractivity contribution < 1.29 is 23.0 Å². The number of nitriles is 1. The number of hydrogen-bond acceptors (Lipinski definition) is 9. The molecule has 4 heterocycles. The number of halogens is 3. The zero-order chi connectivity index (χ0) is 35.0. The number of hydrogen-bond donors (Lipinski definition) is 0. The number of carbonyl (C=O) groups excluding carboxylic acids is 1. The van der Waals surface area contributed by atoms with Crippen molar-refractivity contribution in [1.82, 2.24) is 24.8 Å². The summed E-state index contributed by atoms with van der Waals surface area (Å²) in [5.74, 6) is -0.870. The van der Waals surface area contributed by atoms with Crippen LogP contribution in [-0.4, -0.2) is 89.4 Å². The molecule has 1 amide bonds. The molecule has 0 unspecified atom stereocenters. The Morgan fingerprint density at radius 2 is 1.71 bits per heavy atom. The molecular formula is C35H42ClF2N7O3. The largest absolute Gasteiger partial charge is 0.467 e. The number of aromatic nitrogens is 3. The minimum absolute atomic E-state index is 0.0101. The van der Waals surface area contributed by atoms with Crippen molar-refractivity contribution in [2.75, 3.05) is 57.8 Å². The van der Waals surface area contributed by atoms with Crippen LogP contribution in [0.25, 0.3) is 32.9 Å². The van der Waals surface area contributed by atoms with Gasteiger partial charge in [0.05, 0.1) is 23.6 Å². The van der Waals surface area contributed by atoms with E-state index in [0.717, 1.165) is 0 Å². The quantitative estimate of drug-likeness (QED) is 0.217. The van der Waals surface area contributed by atoms with Gasteiger partial charge in [0.15, 0.2) is 5.82 Å². The van der Waals surface area contributed by atoms with Crippen molar-refractivity contribution in [2.24, 2.45) is 0 Å². The van der Waals surface area contributed by atoms with Gasteiger partial charge in [0, 0.05) is 50.2 Å². The Labute approximate surface area is 285 Å². The Bertz CT molecular complexity index is 1780. The van der Waals surface area contributed by atoms with Gasteiger partial charge in [-0.1, -0.05) is 42.8 Å². The third-order valence-electron chi connectivity index (χ3n) is 7.89. The predicted octanol–water partition coefficient (Wildman–Crippen LogP) is 7.47. The number of anilines is 1. The molecule has 0 atom stereocenters. The number of nitrogens with zero attached hydrogens (tertiary/aromatic N) is 7. The second-order valence-corrected chi connectivity index (χ2v) is 12.7. The predicted molar refractivity (Wildman–Crippen MR) is 184 cm³/mol. The molecule has 2 saturated heterocycles. The lowest BCUT2D eigenvalue weighted by molar-refractivity contribution is 0.0240. The van der Waals surface area contributed by atoms with E-state index in [1.807, 2.05) is 25.7 Å². The maximum atomic E-state index is 16.1. The summed E-state index contributed by atoms with van der Waals surface area (Å²) in [6, 6.07) is 9.72. The summed E-state index contributed by atoms with van der Waals surface area (Å²) >= 11 is 6.28. The number of pyridine rings is 1. The number of likely N-dealkylation sites (tertiary alicyclic amines) is 1. The molecule has 4 aromatic rings. The van der Waals surface area contributed by atoms with Gasteiger partial charge >= 0.3 is 12.1 Å². The van der Waals surface area contributed by atoms with E-state index in [4.69, 9.17) is 26.3 Å². The molecule has 2 aromatic carbocycles. The second-order valence-electron chi connectivity index (χ2n) is 12.3. The van der Waals surface area contributed by atoms with E-state index in [2.05, 4.69) is 26.8 Å². The maximum absolute atomic E-state index is 16.1. The molecule has 256 valence electrons. The van der Waals surface area contributed by atoms with Gasteiger partial charge in [-0.15, -0.1) is 0 Å². The number of methoxy groups -OCH3 is 1. The van der Waals surface area contributed by atoms with Gasteiger partial charge in [0.1, 0.15) is 28.4 Å². The minimum Gasteiger partial charge on any atom is -0.467 e. The molecule has 2 aliphatic rings. The van der Waals surface area contributed by atoms with Crippen LogP contribution in [0.3, 0.4) is 0 Å². The number of benzene rings is 2. The first kappa shape index (κ1) is 36.5. The summed E-state index contributed by atoms with van der Waals surface area (Å²) in [4.78, 5) is 31.7. The summed E-state index contributed by atoms with van der Waals surface area (Å²) in [7, 11) is 1.40. The van der Waals surface area contributed by atoms with Gasteiger partial charge in [0.2, 0.25) is 0 Å². The summed E-state index contributed by atoms with van der Waals surface area (Å²) < 4.78 is 41.1. The smallest absolute Gasteiger partial charge is 0.410 e. The van der Waals surface area contributed by atoms with Crippen molar-refractivity contribution in [3.05, 3.63) is 53.2 Å². The lowest BCUT2D eigenvalue weighted by Crippen LogP contribution is -2.50. The van der Waals surface area contributed by atoms with Gasteiger partial charge in [-0.2, -0.15) is 15.2 Å². The Hall–Kier alpha value is -4.34. The van der Waals surface area contributed by atoms with Crippen molar-refractivity contribution in [1.29, 1.82) is 5.26 Å². The molecule has 0 radical (unpaired) electrons. The highest BCUT2D eigenvalue weighted by molar-refractivity contribution is 6.36. The Morgan fingerprint density at radius 1 is 1.04 bits per heavy atom. The number of rotatable bonds is 4. The molecule has 10 nitrogen and oxygen atoms in total. The Balaban J connectivity index is 0.000000450. The maximum Gasteiger partial charge on any atom is 0.410 e. The van der Waals surface area contributed by atoms with E-state index in [1.165, 1.54) is 58.8 Å².